The third kappa shape index (κ3) is 2.93. The van der Waals surface area contributed by atoms with Gasteiger partial charge in [-0.15, -0.1) is 11.3 Å². The minimum atomic E-state index is -3.56. The maximum Gasteiger partial charge on any atom is 0.241 e. The van der Waals surface area contributed by atoms with Crippen LogP contribution in [0.4, 0.5) is 0 Å². The van der Waals surface area contributed by atoms with Crippen molar-refractivity contribution in [3.05, 3.63) is 33.3 Å². The minimum Gasteiger partial charge on any atom is -0.391 e. The molecule has 2 aromatic heterocycles. The number of aromatic nitrogens is 2. The molecule has 0 fully saturated rings. The Balaban J connectivity index is 2.17. The fourth-order valence-electron chi connectivity index (χ4n) is 1.91. The van der Waals surface area contributed by atoms with Crippen LogP contribution in [0.1, 0.15) is 21.8 Å². The Morgan fingerprint density at radius 2 is 2.15 bits per heavy atom. The number of nitrogens with zero attached hydrogens (tertiary/aromatic N) is 2. The van der Waals surface area contributed by atoms with Crippen molar-refractivity contribution >= 4 is 21.4 Å². The summed E-state index contributed by atoms with van der Waals surface area (Å²) in [6, 6.07) is 1.48. The van der Waals surface area contributed by atoms with E-state index >= 15 is 0 Å². The van der Waals surface area contributed by atoms with Crippen molar-refractivity contribution < 1.29 is 13.5 Å². The normalized spacial score (nSPS) is 12.0. The first-order valence-corrected chi connectivity index (χ1v) is 8.38. The lowest BCUT2D eigenvalue weighted by Gasteiger charge is -2.05. The third-order valence-corrected chi connectivity index (χ3v) is 5.65. The van der Waals surface area contributed by atoms with Crippen molar-refractivity contribution in [2.45, 2.75) is 31.9 Å². The molecule has 0 bridgehead atoms. The second kappa shape index (κ2) is 5.65. The molecule has 0 atom stereocenters. The highest BCUT2D eigenvalue weighted by Crippen LogP contribution is 2.20. The van der Waals surface area contributed by atoms with Crippen molar-refractivity contribution in [3.8, 4) is 0 Å². The van der Waals surface area contributed by atoms with Gasteiger partial charge in [0.05, 0.1) is 17.2 Å². The van der Waals surface area contributed by atoms with E-state index in [9.17, 15) is 8.42 Å². The van der Waals surface area contributed by atoms with Crippen LogP contribution in [0.3, 0.4) is 0 Å². The Morgan fingerprint density at radius 3 is 2.65 bits per heavy atom. The first-order valence-electron chi connectivity index (χ1n) is 6.02. The predicted octanol–water partition coefficient (Wildman–Crippen LogP) is 1.07. The van der Waals surface area contributed by atoms with Gasteiger partial charge in [-0.2, -0.15) is 5.10 Å². The topological polar surface area (TPSA) is 84.2 Å². The summed E-state index contributed by atoms with van der Waals surface area (Å²) in [5.41, 5.74) is 2.63. The predicted molar refractivity (Wildman–Crippen MR) is 76.9 cm³/mol. The summed E-state index contributed by atoms with van der Waals surface area (Å²) in [5.74, 6) is 0. The molecule has 0 aliphatic carbocycles. The SMILES string of the molecule is Cc1nn(C)c(C)c1CNS(=O)(=O)c1csc(CO)c1. The van der Waals surface area contributed by atoms with Crippen LogP contribution in [0.2, 0.25) is 0 Å². The van der Waals surface area contributed by atoms with Gasteiger partial charge in [-0.1, -0.05) is 0 Å². The smallest absolute Gasteiger partial charge is 0.241 e. The molecule has 2 heterocycles. The summed E-state index contributed by atoms with van der Waals surface area (Å²) in [4.78, 5) is 0.810. The number of hydrogen-bond donors (Lipinski definition) is 2. The molecular formula is C12H17N3O3S2. The van der Waals surface area contributed by atoms with Crippen molar-refractivity contribution in [3.63, 3.8) is 0 Å². The van der Waals surface area contributed by atoms with E-state index in [-0.39, 0.29) is 18.0 Å². The Bertz CT molecular complexity index is 716. The van der Waals surface area contributed by atoms with Gasteiger partial charge < -0.3 is 5.11 Å². The van der Waals surface area contributed by atoms with Crippen LogP contribution in [0.5, 0.6) is 0 Å². The lowest BCUT2D eigenvalue weighted by atomic mass is 10.2. The number of thiophene rings is 1. The summed E-state index contributed by atoms with van der Waals surface area (Å²) < 4.78 is 28.6. The molecule has 8 heteroatoms. The van der Waals surface area contributed by atoms with Gasteiger partial charge in [-0.3, -0.25) is 4.68 Å². The zero-order valence-electron chi connectivity index (χ0n) is 11.5. The number of rotatable bonds is 5. The van der Waals surface area contributed by atoms with Crippen molar-refractivity contribution in [2.75, 3.05) is 0 Å². The highest BCUT2D eigenvalue weighted by Gasteiger charge is 2.18. The molecule has 0 saturated heterocycles. The average molecular weight is 315 g/mol. The maximum absolute atomic E-state index is 12.2. The number of sulfonamides is 1. The molecule has 0 amide bonds. The molecule has 110 valence electrons. The summed E-state index contributed by atoms with van der Waals surface area (Å²) in [6.07, 6.45) is 0. The van der Waals surface area contributed by atoms with Gasteiger partial charge in [0.1, 0.15) is 0 Å². The molecule has 0 spiro atoms. The second-order valence-corrected chi connectivity index (χ2v) is 7.27. The second-order valence-electron chi connectivity index (χ2n) is 4.50. The van der Waals surface area contributed by atoms with Gasteiger partial charge in [0.2, 0.25) is 10.0 Å². The average Bonchev–Trinajstić information content (AvgIpc) is 2.95. The molecule has 0 radical (unpaired) electrons. The van der Waals surface area contributed by atoms with Crippen LogP contribution in [0.25, 0.3) is 0 Å². The molecule has 0 aliphatic heterocycles. The Hall–Kier alpha value is -1.22. The van der Waals surface area contributed by atoms with Crippen molar-refractivity contribution in [1.82, 2.24) is 14.5 Å². The zero-order valence-corrected chi connectivity index (χ0v) is 13.2. The van der Waals surface area contributed by atoms with E-state index in [1.807, 2.05) is 20.9 Å². The number of hydrogen-bond acceptors (Lipinski definition) is 5. The third-order valence-electron chi connectivity index (χ3n) is 3.19. The van der Waals surface area contributed by atoms with E-state index in [1.165, 1.54) is 22.8 Å². The van der Waals surface area contributed by atoms with Crippen LogP contribution in [0.15, 0.2) is 16.3 Å². The largest absolute Gasteiger partial charge is 0.391 e. The standard InChI is InChI=1S/C12H17N3O3S2/c1-8-12(9(2)15(3)14-8)5-13-20(17,18)11-4-10(6-16)19-7-11/h4,7,13,16H,5-6H2,1-3H3. The maximum atomic E-state index is 12.2. The van der Waals surface area contributed by atoms with Gasteiger partial charge in [0.25, 0.3) is 0 Å². The number of aliphatic hydroxyl groups excluding tert-OH is 1. The quantitative estimate of drug-likeness (QED) is 0.864. The highest BCUT2D eigenvalue weighted by atomic mass is 32.2. The van der Waals surface area contributed by atoms with Gasteiger partial charge >= 0.3 is 0 Å². The molecule has 20 heavy (non-hydrogen) atoms. The van der Waals surface area contributed by atoms with Crippen LogP contribution in [0, 0.1) is 13.8 Å². The van der Waals surface area contributed by atoms with E-state index in [4.69, 9.17) is 5.11 Å². The summed E-state index contributed by atoms with van der Waals surface area (Å²) in [5, 5.41) is 14.8. The van der Waals surface area contributed by atoms with Gasteiger partial charge in [-0.25, -0.2) is 13.1 Å². The van der Waals surface area contributed by atoms with Gasteiger partial charge in [0, 0.05) is 35.1 Å². The molecule has 2 aromatic rings. The fourth-order valence-corrected chi connectivity index (χ4v) is 4.04. The number of aliphatic hydroxyl groups is 1. The number of nitrogens with one attached hydrogen (secondary N) is 1. The molecule has 0 aromatic carbocycles. The molecule has 6 nitrogen and oxygen atoms in total. The van der Waals surface area contributed by atoms with Crippen molar-refractivity contribution in [1.29, 1.82) is 0 Å². The Kier molecular flexibility index (Phi) is 4.28. The Labute approximate surface area is 122 Å². The lowest BCUT2D eigenvalue weighted by molar-refractivity contribution is 0.285. The fraction of sp³-hybridized carbons (Fsp3) is 0.417. The van der Waals surface area contributed by atoms with Crippen LogP contribution < -0.4 is 4.72 Å². The van der Waals surface area contributed by atoms with Crippen LogP contribution >= 0.6 is 11.3 Å². The van der Waals surface area contributed by atoms with Crippen molar-refractivity contribution in [2.24, 2.45) is 7.05 Å². The highest BCUT2D eigenvalue weighted by molar-refractivity contribution is 7.89. The van der Waals surface area contributed by atoms with E-state index in [0.29, 0.717) is 4.88 Å². The lowest BCUT2D eigenvalue weighted by Crippen LogP contribution is -2.23. The van der Waals surface area contributed by atoms with E-state index in [2.05, 4.69) is 9.82 Å². The summed E-state index contributed by atoms with van der Waals surface area (Å²) in [7, 11) is -1.73. The molecule has 0 saturated carbocycles. The zero-order chi connectivity index (χ0) is 14.9. The van der Waals surface area contributed by atoms with Gasteiger partial charge in [-0.05, 0) is 19.9 Å². The first kappa shape index (κ1) is 15.2. The van der Waals surface area contributed by atoms with Gasteiger partial charge in [0.15, 0.2) is 0 Å². The molecule has 2 rings (SSSR count). The number of aryl methyl sites for hydroxylation is 2. The molecule has 0 unspecified atom stereocenters. The van der Waals surface area contributed by atoms with Crippen LogP contribution in [-0.2, 0) is 30.2 Å². The molecule has 0 aliphatic rings. The van der Waals surface area contributed by atoms with E-state index in [0.717, 1.165) is 17.0 Å². The summed E-state index contributed by atoms with van der Waals surface area (Å²) >= 11 is 1.22. The molecular weight excluding hydrogens is 298 g/mol. The summed E-state index contributed by atoms with van der Waals surface area (Å²) in [6.45, 7) is 3.81. The van der Waals surface area contributed by atoms with E-state index < -0.39 is 10.0 Å². The van der Waals surface area contributed by atoms with Crippen LogP contribution in [-0.4, -0.2) is 23.3 Å². The van der Waals surface area contributed by atoms with E-state index in [1.54, 1.807) is 4.68 Å². The first-order chi connectivity index (χ1) is 9.35. The Morgan fingerprint density at radius 1 is 1.45 bits per heavy atom. The minimum absolute atomic E-state index is 0.152. The monoisotopic (exact) mass is 315 g/mol. The molecule has 2 N–H and O–H groups in total.